The van der Waals surface area contributed by atoms with Gasteiger partial charge in [-0.05, 0) is 43.2 Å². The monoisotopic (exact) mass is 295 g/mol. The van der Waals surface area contributed by atoms with Crippen molar-refractivity contribution in [2.24, 2.45) is 0 Å². The number of anilines is 1. The van der Waals surface area contributed by atoms with Gasteiger partial charge in [-0.1, -0.05) is 11.6 Å². The molecule has 1 aliphatic heterocycles. The molecule has 1 N–H and O–H groups in total. The van der Waals surface area contributed by atoms with Crippen molar-refractivity contribution in [3.8, 4) is 0 Å². The molecule has 5 heteroatoms. The molecule has 0 aliphatic carbocycles. The summed E-state index contributed by atoms with van der Waals surface area (Å²) in [6, 6.07) is 5.54. The first kappa shape index (κ1) is 14.9. The molecular formula is C15H18ClNO3. The van der Waals surface area contributed by atoms with Crippen molar-refractivity contribution in [3.63, 3.8) is 0 Å². The number of nitrogens with zero attached hydrogens (tertiary/aromatic N) is 1. The molecule has 0 radical (unpaired) electrons. The minimum absolute atomic E-state index is 0.157. The van der Waals surface area contributed by atoms with Crippen molar-refractivity contribution >= 4 is 29.3 Å². The van der Waals surface area contributed by atoms with Crippen molar-refractivity contribution in [3.05, 3.63) is 34.9 Å². The van der Waals surface area contributed by atoms with Gasteiger partial charge in [-0.2, -0.15) is 0 Å². The molecule has 108 valence electrons. The van der Waals surface area contributed by atoms with E-state index in [4.69, 9.17) is 21.4 Å². The summed E-state index contributed by atoms with van der Waals surface area (Å²) in [5, 5.41) is 9.37. The van der Waals surface area contributed by atoms with Crippen molar-refractivity contribution in [2.75, 3.05) is 24.6 Å². The summed E-state index contributed by atoms with van der Waals surface area (Å²) in [4.78, 5) is 12.9. The van der Waals surface area contributed by atoms with Gasteiger partial charge in [0, 0.05) is 36.5 Å². The van der Waals surface area contributed by atoms with Crippen LogP contribution in [0.4, 0.5) is 5.69 Å². The largest absolute Gasteiger partial charge is 0.478 e. The second kappa shape index (κ2) is 6.77. The molecular weight excluding hydrogens is 278 g/mol. The lowest BCUT2D eigenvalue weighted by molar-refractivity contribution is -0.131. The van der Waals surface area contributed by atoms with Crippen molar-refractivity contribution in [2.45, 2.75) is 19.4 Å². The smallest absolute Gasteiger partial charge is 0.328 e. The Morgan fingerprint density at radius 2 is 2.35 bits per heavy atom. The van der Waals surface area contributed by atoms with Crippen LogP contribution < -0.4 is 4.90 Å². The number of aliphatic carboxylic acids is 1. The van der Waals surface area contributed by atoms with E-state index >= 15 is 0 Å². The first-order valence-electron chi connectivity index (χ1n) is 6.63. The molecule has 0 amide bonds. The first-order valence-corrected chi connectivity index (χ1v) is 7.01. The van der Waals surface area contributed by atoms with Crippen LogP contribution in [-0.4, -0.2) is 36.9 Å². The normalized spacial score (nSPS) is 20.1. The van der Waals surface area contributed by atoms with Crippen LogP contribution >= 0.6 is 11.6 Å². The van der Waals surface area contributed by atoms with Crippen LogP contribution in [0.15, 0.2) is 24.3 Å². The lowest BCUT2D eigenvalue weighted by Crippen LogP contribution is -2.30. The average molecular weight is 296 g/mol. The van der Waals surface area contributed by atoms with Gasteiger partial charge < -0.3 is 14.7 Å². The fourth-order valence-corrected chi connectivity index (χ4v) is 2.50. The van der Waals surface area contributed by atoms with Gasteiger partial charge in [0.2, 0.25) is 0 Å². The molecule has 1 atom stereocenters. The number of benzene rings is 1. The second-order valence-corrected chi connectivity index (χ2v) is 5.29. The molecule has 0 spiro atoms. The van der Waals surface area contributed by atoms with Crippen LogP contribution in [0.1, 0.15) is 18.9 Å². The van der Waals surface area contributed by atoms with Crippen LogP contribution in [0, 0.1) is 0 Å². The van der Waals surface area contributed by atoms with Crippen LogP contribution in [0.2, 0.25) is 5.02 Å². The molecule has 4 nitrogen and oxygen atoms in total. The molecule has 1 saturated heterocycles. The summed E-state index contributed by atoms with van der Waals surface area (Å²) >= 11 is 6.01. The van der Waals surface area contributed by atoms with Gasteiger partial charge in [0.1, 0.15) is 0 Å². The maximum absolute atomic E-state index is 10.7. The summed E-state index contributed by atoms with van der Waals surface area (Å²) in [6.45, 7) is 4.47. The summed E-state index contributed by atoms with van der Waals surface area (Å²) in [7, 11) is 0. The fourth-order valence-electron chi connectivity index (χ4n) is 2.32. The number of carboxylic acids is 1. The Kier molecular flexibility index (Phi) is 5.04. The van der Waals surface area contributed by atoms with E-state index in [9.17, 15) is 4.79 Å². The third-order valence-electron chi connectivity index (χ3n) is 3.19. The molecule has 20 heavy (non-hydrogen) atoms. The topological polar surface area (TPSA) is 49.8 Å². The molecule has 1 heterocycles. The maximum Gasteiger partial charge on any atom is 0.328 e. The highest BCUT2D eigenvalue weighted by Crippen LogP contribution is 2.27. The number of halogens is 1. The molecule has 1 unspecified atom stereocenters. The zero-order chi connectivity index (χ0) is 14.5. The lowest BCUT2D eigenvalue weighted by atomic mass is 10.1. The van der Waals surface area contributed by atoms with Gasteiger partial charge in [0.25, 0.3) is 0 Å². The van der Waals surface area contributed by atoms with Crippen LogP contribution in [0.25, 0.3) is 6.08 Å². The van der Waals surface area contributed by atoms with Gasteiger partial charge in [-0.25, -0.2) is 4.79 Å². The quantitative estimate of drug-likeness (QED) is 0.871. The first-order chi connectivity index (χ1) is 9.56. The minimum Gasteiger partial charge on any atom is -0.478 e. The summed E-state index contributed by atoms with van der Waals surface area (Å²) in [5.41, 5.74) is 1.80. The number of ether oxygens (including phenoxy) is 1. The van der Waals surface area contributed by atoms with Gasteiger partial charge in [-0.15, -0.1) is 0 Å². The molecule has 2 rings (SSSR count). The molecule has 1 aromatic rings. The number of hydrogen-bond donors (Lipinski definition) is 1. The highest BCUT2D eigenvalue weighted by Gasteiger charge is 2.17. The van der Waals surface area contributed by atoms with Gasteiger partial charge >= 0.3 is 5.97 Å². The van der Waals surface area contributed by atoms with E-state index in [1.807, 2.05) is 19.1 Å². The lowest BCUT2D eigenvalue weighted by Gasteiger charge is -2.26. The van der Waals surface area contributed by atoms with Crippen LogP contribution in [-0.2, 0) is 9.53 Å². The van der Waals surface area contributed by atoms with Crippen molar-refractivity contribution in [1.82, 2.24) is 0 Å². The highest BCUT2D eigenvalue weighted by atomic mass is 35.5. The Morgan fingerprint density at radius 3 is 3.10 bits per heavy atom. The number of hydrogen-bond acceptors (Lipinski definition) is 3. The predicted molar refractivity (Wildman–Crippen MR) is 80.4 cm³/mol. The Balaban J connectivity index is 2.31. The SMILES string of the molecule is CC1CN(c2ccc(Cl)cc2/C=C/C(=O)O)CCCO1. The van der Waals surface area contributed by atoms with E-state index in [0.717, 1.165) is 43.4 Å². The Hall–Kier alpha value is -1.52. The third-order valence-corrected chi connectivity index (χ3v) is 3.42. The van der Waals surface area contributed by atoms with E-state index in [1.165, 1.54) is 0 Å². The number of rotatable bonds is 3. The Labute approximate surface area is 123 Å². The Morgan fingerprint density at radius 1 is 1.55 bits per heavy atom. The summed E-state index contributed by atoms with van der Waals surface area (Å²) < 4.78 is 5.64. The number of carboxylic acid groups (broad SMARTS) is 1. The van der Waals surface area contributed by atoms with E-state index < -0.39 is 5.97 Å². The average Bonchev–Trinajstić information content (AvgIpc) is 2.61. The summed E-state index contributed by atoms with van der Waals surface area (Å²) in [6.07, 6.45) is 3.83. The molecule has 1 fully saturated rings. The fraction of sp³-hybridized carbons (Fsp3) is 0.400. The van der Waals surface area contributed by atoms with E-state index in [-0.39, 0.29) is 6.10 Å². The highest BCUT2D eigenvalue weighted by molar-refractivity contribution is 6.30. The Bertz CT molecular complexity index is 516. The molecule has 1 aromatic carbocycles. The van der Waals surface area contributed by atoms with Crippen LogP contribution in [0.5, 0.6) is 0 Å². The second-order valence-electron chi connectivity index (χ2n) is 4.86. The minimum atomic E-state index is -0.969. The molecule has 0 aromatic heterocycles. The molecule has 1 aliphatic rings. The van der Waals surface area contributed by atoms with Crippen molar-refractivity contribution in [1.29, 1.82) is 0 Å². The zero-order valence-electron chi connectivity index (χ0n) is 11.4. The maximum atomic E-state index is 10.7. The van der Waals surface area contributed by atoms with E-state index in [0.29, 0.717) is 5.02 Å². The predicted octanol–water partition coefficient (Wildman–Crippen LogP) is 3.05. The van der Waals surface area contributed by atoms with Crippen LogP contribution in [0.3, 0.4) is 0 Å². The van der Waals surface area contributed by atoms with E-state index in [2.05, 4.69) is 4.90 Å². The standard InChI is InChI=1S/C15H18ClNO3/c1-11-10-17(7-2-8-20-11)14-5-4-13(16)9-12(14)3-6-15(18)19/h3-6,9,11H,2,7-8,10H2,1H3,(H,18,19)/b6-3+. The molecule has 0 saturated carbocycles. The van der Waals surface area contributed by atoms with Gasteiger partial charge in [-0.3, -0.25) is 0 Å². The van der Waals surface area contributed by atoms with Gasteiger partial charge in [0.05, 0.1) is 6.10 Å². The third kappa shape index (κ3) is 3.99. The van der Waals surface area contributed by atoms with E-state index in [1.54, 1.807) is 12.1 Å². The summed E-state index contributed by atoms with van der Waals surface area (Å²) in [5.74, 6) is -0.969. The van der Waals surface area contributed by atoms with Crippen molar-refractivity contribution < 1.29 is 14.6 Å². The van der Waals surface area contributed by atoms with Gasteiger partial charge in [0.15, 0.2) is 0 Å². The zero-order valence-corrected chi connectivity index (χ0v) is 12.1. The molecule has 0 bridgehead atoms. The number of carbonyl (C=O) groups is 1.